The van der Waals surface area contributed by atoms with Crippen molar-refractivity contribution in [2.24, 2.45) is 0 Å². The van der Waals surface area contributed by atoms with Gasteiger partial charge < -0.3 is 10.4 Å². The second-order valence-electron chi connectivity index (χ2n) is 3.33. The van der Waals surface area contributed by atoms with Gasteiger partial charge in [0.1, 0.15) is 5.82 Å². The molecule has 0 fully saturated rings. The summed E-state index contributed by atoms with van der Waals surface area (Å²) >= 11 is 0. The summed E-state index contributed by atoms with van der Waals surface area (Å²) < 4.78 is 0. The molecule has 0 amide bonds. The molecule has 0 spiro atoms. The molecule has 0 unspecified atom stereocenters. The van der Waals surface area contributed by atoms with Crippen LogP contribution >= 0.6 is 0 Å². The maximum Gasteiger partial charge on any atom is 0.317 e. The van der Waals surface area contributed by atoms with E-state index in [1.165, 1.54) is 0 Å². The lowest BCUT2D eigenvalue weighted by Gasteiger charge is -2.15. The summed E-state index contributed by atoms with van der Waals surface area (Å²) in [6.45, 7) is 0.592. The number of carbonyl (C=O) groups is 1. The van der Waals surface area contributed by atoms with Gasteiger partial charge in [0.15, 0.2) is 0 Å². The molecular weight excluding hydrogens is 194 g/mol. The Kier molecular flexibility index (Phi) is 4.05. The van der Waals surface area contributed by atoms with Gasteiger partial charge in [-0.25, -0.2) is 4.98 Å². The zero-order valence-corrected chi connectivity index (χ0v) is 8.90. The van der Waals surface area contributed by atoms with Crippen molar-refractivity contribution in [3.63, 3.8) is 0 Å². The molecule has 0 saturated carbocycles. The first-order valence-corrected chi connectivity index (χ1v) is 4.65. The molecule has 15 heavy (non-hydrogen) atoms. The highest BCUT2D eigenvalue weighted by atomic mass is 16.4. The second-order valence-corrected chi connectivity index (χ2v) is 3.33. The second kappa shape index (κ2) is 5.31. The zero-order valence-electron chi connectivity index (χ0n) is 8.90. The van der Waals surface area contributed by atoms with Crippen molar-refractivity contribution < 1.29 is 9.90 Å². The molecule has 5 heteroatoms. The Labute approximate surface area is 88.7 Å². The third-order valence-corrected chi connectivity index (χ3v) is 1.97. The van der Waals surface area contributed by atoms with Crippen LogP contribution in [0.5, 0.6) is 0 Å². The first kappa shape index (κ1) is 11.5. The first-order chi connectivity index (χ1) is 7.13. The van der Waals surface area contributed by atoms with Crippen molar-refractivity contribution in [1.82, 2.24) is 9.88 Å². The van der Waals surface area contributed by atoms with E-state index in [2.05, 4.69) is 10.3 Å². The largest absolute Gasteiger partial charge is 0.480 e. The summed E-state index contributed by atoms with van der Waals surface area (Å²) in [4.78, 5) is 16.3. The molecule has 0 atom stereocenters. The standard InChI is InChI=1S/C10H15N3O2/c1-11-10-8(4-3-5-12-10)6-13(2)7-9(14)15/h3-5H,6-7H2,1-2H3,(H,11,12)(H,14,15). The average molecular weight is 209 g/mol. The summed E-state index contributed by atoms with van der Waals surface area (Å²) in [6, 6.07) is 3.77. The van der Waals surface area contributed by atoms with Crippen molar-refractivity contribution in [2.45, 2.75) is 6.54 Å². The maximum atomic E-state index is 10.5. The van der Waals surface area contributed by atoms with E-state index < -0.39 is 5.97 Å². The highest BCUT2D eigenvalue weighted by molar-refractivity contribution is 5.69. The Morgan fingerprint density at radius 3 is 3.00 bits per heavy atom. The van der Waals surface area contributed by atoms with Crippen molar-refractivity contribution in [3.8, 4) is 0 Å². The van der Waals surface area contributed by atoms with E-state index in [1.807, 2.05) is 12.1 Å². The average Bonchev–Trinajstić information content (AvgIpc) is 2.17. The summed E-state index contributed by atoms with van der Waals surface area (Å²) in [7, 11) is 3.56. The van der Waals surface area contributed by atoms with Crippen LogP contribution in [0.15, 0.2) is 18.3 Å². The van der Waals surface area contributed by atoms with Crippen molar-refractivity contribution in [3.05, 3.63) is 23.9 Å². The van der Waals surface area contributed by atoms with Crippen molar-refractivity contribution >= 4 is 11.8 Å². The molecule has 1 aromatic heterocycles. The van der Waals surface area contributed by atoms with Crippen LogP contribution in [-0.2, 0) is 11.3 Å². The summed E-state index contributed by atoms with van der Waals surface area (Å²) in [5, 5.41) is 11.6. The number of nitrogens with zero attached hydrogens (tertiary/aromatic N) is 2. The fourth-order valence-corrected chi connectivity index (χ4v) is 1.37. The molecule has 0 aliphatic carbocycles. The Hall–Kier alpha value is -1.62. The van der Waals surface area contributed by atoms with Gasteiger partial charge in [-0.05, 0) is 13.1 Å². The lowest BCUT2D eigenvalue weighted by Crippen LogP contribution is -2.25. The van der Waals surface area contributed by atoms with E-state index in [9.17, 15) is 4.79 Å². The molecule has 5 nitrogen and oxygen atoms in total. The molecule has 1 heterocycles. The molecular formula is C10H15N3O2. The highest BCUT2D eigenvalue weighted by Gasteiger charge is 2.07. The Morgan fingerprint density at radius 1 is 1.67 bits per heavy atom. The van der Waals surface area contributed by atoms with Gasteiger partial charge in [0.2, 0.25) is 0 Å². The molecule has 0 aliphatic heterocycles. The molecule has 0 saturated heterocycles. The smallest absolute Gasteiger partial charge is 0.317 e. The molecule has 0 aromatic carbocycles. The monoisotopic (exact) mass is 209 g/mol. The molecule has 0 bridgehead atoms. The Morgan fingerprint density at radius 2 is 2.40 bits per heavy atom. The number of hydrogen-bond donors (Lipinski definition) is 2. The van der Waals surface area contributed by atoms with E-state index in [-0.39, 0.29) is 6.54 Å². The van der Waals surface area contributed by atoms with Gasteiger partial charge in [0.05, 0.1) is 6.54 Å². The third-order valence-electron chi connectivity index (χ3n) is 1.97. The van der Waals surface area contributed by atoms with Crippen LogP contribution in [0, 0.1) is 0 Å². The first-order valence-electron chi connectivity index (χ1n) is 4.65. The molecule has 0 radical (unpaired) electrons. The van der Waals surface area contributed by atoms with Gasteiger partial charge in [-0.2, -0.15) is 0 Å². The highest BCUT2D eigenvalue weighted by Crippen LogP contribution is 2.12. The molecule has 82 valence electrons. The number of aliphatic carboxylic acids is 1. The Bertz CT molecular complexity index is 341. The van der Waals surface area contributed by atoms with Crippen LogP contribution in [-0.4, -0.2) is 41.6 Å². The predicted octanol–water partition coefficient (Wildman–Crippen LogP) is 0.640. The number of rotatable bonds is 5. The minimum atomic E-state index is -0.826. The molecule has 0 aliphatic rings. The van der Waals surface area contributed by atoms with Crippen LogP contribution in [0.3, 0.4) is 0 Å². The van der Waals surface area contributed by atoms with Crippen LogP contribution in [0.2, 0.25) is 0 Å². The van der Waals surface area contributed by atoms with Crippen LogP contribution in [0.25, 0.3) is 0 Å². The number of pyridine rings is 1. The number of carboxylic acid groups (broad SMARTS) is 1. The Balaban J connectivity index is 2.67. The van der Waals surface area contributed by atoms with E-state index in [4.69, 9.17) is 5.11 Å². The van der Waals surface area contributed by atoms with E-state index in [0.29, 0.717) is 6.54 Å². The minimum Gasteiger partial charge on any atom is -0.480 e. The van der Waals surface area contributed by atoms with Crippen molar-refractivity contribution in [1.29, 1.82) is 0 Å². The van der Waals surface area contributed by atoms with Gasteiger partial charge in [0, 0.05) is 25.4 Å². The van der Waals surface area contributed by atoms with Gasteiger partial charge in [-0.15, -0.1) is 0 Å². The SMILES string of the molecule is CNc1ncccc1CN(C)CC(=O)O. The van der Waals surface area contributed by atoms with Crippen LogP contribution in [0.1, 0.15) is 5.56 Å². The zero-order chi connectivity index (χ0) is 11.3. The number of likely N-dealkylation sites (N-methyl/N-ethyl adjacent to an activating group) is 1. The number of aromatic nitrogens is 1. The lowest BCUT2D eigenvalue weighted by molar-refractivity contribution is -0.138. The van der Waals surface area contributed by atoms with Crippen LogP contribution in [0.4, 0.5) is 5.82 Å². The molecule has 1 aromatic rings. The molecule has 1 rings (SSSR count). The topological polar surface area (TPSA) is 65.5 Å². The summed E-state index contributed by atoms with van der Waals surface area (Å²) in [5.41, 5.74) is 0.990. The quantitative estimate of drug-likeness (QED) is 0.745. The summed E-state index contributed by atoms with van der Waals surface area (Å²) in [5.74, 6) is -0.0397. The van der Waals surface area contributed by atoms with Crippen molar-refractivity contribution in [2.75, 3.05) is 26.0 Å². The fourth-order valence-electron chi connectivity index (χ4n) is 1.37. The minimum absolute atomic E-state index is 0.0258. The number of anilines is 1. The van der Waals surface area contributed by atoms with E-state index >= 15 is 0 Å². The lowest BCUT2D eigenvalue weighted by atomic mass is 10.2. The number of hydrogen-bond acceptors (Lipinski definition) is 4. The van der Waals surface area contributed by atoms with Gasteiger partial charge >= 0.3 is 5.97 Å². The van der Waals surface area contributed by atoms with E-state index in [1.54, 1.807) is 25.2 Å². The van der Waals surface area contributed by atoms with Crippen LogP contribution < -0.4 is 5.32 Å². The molecule has 2 N–H and O–H groups in total. The number of nitrogens with one attached hydrogen (secondary N) is 1. The predicted molar refractivity (Wildman–Crippen MR) is 57.8 cm³/mol. The number of carboxylic acids is 1. The maximum absolute atomic E-state index is 10.5. The summed E-state index contributed by atoms with van der Waals surface area (Å²) in [6.07, 6.45) is 1.70. The van der Waals surface area contributed by atoms with Gasteiger partial charge in [-0.3, -0.25) is 9.69 Å². The normalized spacial score (nSPS) is 10.3. The van der Waals surface area contributed by atoms with E-state index in [0.717, 1.165) is 11.4 Å². The van der Waals surface area contributed by atoms with Gasteiger partial charge in [-0.1, -0.05) is 6.07 Å². The van der Waals surface area contributed by atoms with Gasteiger partial charge in [0.25, 0.3) is 0 Å². The fraction of sp³-hybridized carbons (Fsp3) is 0.400. The third kappa shape index (κ3) is 3.55.